The first kappa shape index (κ1) is 29.4. The van der Waals surface area contributed by atoms with Crippen LogP contribution in [0.4, 0.5) is 4.79 Å². The molecule has 2 rings (SSSR count). The fraction of sp³-hybridized carbons (Fsp3) is 0.536. The number of allylic oxidation sites excluding steroid dienone is 1. The predicted molar refractivity (Wildman–Crippen MR) is 147 cm³/mol. The summed E-state index contributed by atoms with van der Waals surface area (Å²) in [6.07, 6.45) is 2.82. The van der Waals surface area contributed by atoms with Crippen molar-refractivity contribution < 1.29 is 19.0 Å². The third kappa shape index (κ3) is 7.85. The van der Waals surface area contributed by atoms with Gasteiger partial charge in [0.1, 0.15) is 5.69 Å². The van der Waals surface area contributed by atoms with Gasteiger partial charge in [0.2, 0.25) is 6.29 Å². The maximum atomic E-state index is 12.2. The second-order valence-corrected chi connectivity index (χ2v) is 10.0. The van der Waals surface area contributed by atoms with Gasteiger partial charge in [0.05, 0.1) is 17.3 Å². The van der Waals surface area contributed by atoms with Gasteiger partial charge >= 0.3 is 6.16 Å². The number of aliphatic imine (C=N–C) groups is 1. The molecule has 0 bridgehead atoms. The lowest BCUT2D eigenvalue weighted by Gasteiger charge is -2.22. The van der Waals surface area contributed by atoms with Crippen LogP contribution in [-0.4, -0.2) is 42.1 Å². The standard InChI is InChI=1S/C28H40ClN3O4/c1-9-11-12-17-34-27(33)36-20(4)35-26(25-24(29)19(3)31-32(25)10-2)23(18-30-8)21-13-15-22(16-14-21)28(5,6)7/h13-16,18,20H,9-12,17H2,1-8H3/b26-23-,30-18?. The van der Waals surface area contributed by atoms with Crippen LogP contribution >= 0.6 is 11.6 Å². The van der Waals surface area contributed by atoms with Crippen molar-refractivity contribution in [2.75, 3.05) is 13.7 Å². The summed E-state index contributed by atoms with van der Waals surface area (Å²) in [7, 11) is 1.69. The van der Waals surface area contributed by atoms with Crippen molar-refractivity contribution in [1.82, 2.24) is 9.78 Å². The highest BCUT2D eigenvalue weighted by Crippen LogP contribution is 2.35. The van der Waals surface area contributed by atoms with Crippen molar-refractivity contribution >= 4 is 35.3 Å². The number of hydrogen-bond donors (Lipinski definition) is 0. The van der Waals surface area contributed by atoms with E-state index in [4.69, 9.17) is 25.8 Å². The van der Waals surface area contributed by atoms with Gasteiger partial charge in [-0.15, -0.1) is 0 Å². The summed E-state index contributed by atoms with van der Waals surface area (Å²) < 4.78 is 18.6. The number of unbranched alkanes of at least 4 members (excludes halogenated alkanes) is 2. The molecule has 36 heavy (non-hydrogen) atoms. The molecule has 1 aromatic carbocycles. The van der Waals surface area contributed by atoms with Crippen LogP contribution in [0.25, 0.3) is 11.3 Å². The minimum Gasteiger partial charge on any atom is -0.452 e. The molecule has 7 nitrogen and oxygen atoms in total. The Bertz CT molecular complexity index is 1070. The Labute approximate surface area is 220 Å². The third-order valence-electron chi connectivity index (χ3n) is 5.65. The van der Waals surface area contributed by atoms with E-state index in [9.17, 15) is 4.79 Å². The van der Waals surface area contributed by atoms with Crippen molar-refractivity contribution in [2.24, 2.45) is 4.99 Å². The molecule has 0 fully saturated rings. The number of carbonyl (C=O) groups is 1. The number of ether oxygens (including phenoxy) is 3. The molecule has 0 radical (unpaired) electrons. The summed E-state index contributed by atoms with van der Waals surface area (Å²) in [6.45, 7) is 14.9. The van der Waals surface area contributed by atoms with Crippen LogP contribution in [0.1, 0.15) is 83.3 Å². The van der Waals surface area contributed by atoms with Crippen LogP contribution in [0.2, 0.25) is 5.02 Å². The Kier molecular flexibility index (Phi) is 11.0. The Balaban J connectivity index is 2.53. The second kappa shape index (κ2) is 13.5. The topological polar surface area (TPSA) is 74.9 Å². The maximum absolute atomic E-state index is 12.2. The zero-order valence-corrected chi connectivity index (χ0v) is 23.6. The molecule has 0 aliphatic carbocycles. The first-order valence-corrected chi connectivity index (χ1v) is 12.9. The highest BCUT2D eigenvalue weighted by molar-refractivity contribution is 6.33. The summed E-state index contributed by atoms with van der Waals surface area (Å²) in [4.78, 5) is 16.5. The molecular formula is C28H40ClN3O4. The lowest BCUT2D eigenvalue weighted by atomic mass is 9.86. The molecule has 0 aliphatic rings. The molecule has 0 N–H and O–H groups in total. The highest BCUT2D eigenvalue weighted by Gasteiger charge is 2.25. The van der Waals surface area contributed by atoms with E-state index in [-0.39, 0.29) is 5.41 Å². The van der Waals surface area contributed by atoms with Crippen LogP contribution in [-0.2, 0) is 26.2 Å². The van der Waals surface area contributed by atoms with Crippen LogP contribution in [0, 0.1) is 6.92 Å². The summed E-state index contributed by atoms with van der Waals surface area (Å²) in [5.74, 6) is 0.419. The number of halogens is 1. The van der Waals surface area contributed by atoms with Crippen molar-refractivity contribution in [3.05, 3.63) is 51.8 Å². The molecule has 1 aromatic heterocycles. The maximum Gasteiger partial charge on any atom is 0.511 e. The van der Waals surface area contributed by atoms with E-state index in [0.29, 0.717) is 40.9 Å². The lowest BCUT2D eigenvalue weighted by Crippen LogP contribution is -2.20. The molecule has 0 spiro atoms. The van der Waals surface area contributed by atoms with E-state index in [1.54, 1.807) is 24.9 Å². The number of nitrogens with zero attached hydrogens (tertiary/aromatic N) is 3. The van der Waals surface area contributed by atoms with Gasteiger partial charge in [-0.25, -0.2) is 4.79 Å². The summed E-state index contributed by atoms with van der Waals surface area (Å²) in [5, 5.41) is 5.02. The van der Waals surface area contributed by atoms with Crippen molar-refractivity contribution in [1.29, 1.82) is 0 Å². The quantitative estimate of drug-likeness (QED) is 0.102. The fourth-order valence-electron chi connectivity index (χ4n) is 3.66. The Hall–Kier alpha value is -2.80. The number of benzene rings is 1. The second-order valence-electron chi connectivity index (χ2n) is 9.63. The number of aromatic nitrogens is 2. The van der Waals surface area contributed by atoms with Gasteiger partial charge < -0.3 is 14.2 Å². The van der Waals surface area contributed by atoms with Gasteiger partial charge in [0, 0.05) is 32.3 Å². The van der Waals surface area contributed by atoms with E-state index in [1.807, 2.05) is 26.0 Å². The van der Waals surface area contributed by atoms with Crippen molar-refractivity contribution in [3.63, 3.8) is 0 Å². The monoisotopic (exact) mass is 517 g/mol. The molecule has 2 aromatic rings. The number of rotatable bonds is 11. The Morgan fingerprint density at radius 3 is 2.39 bits per heavy atom. The van der Waals surface area contributed by atoms with Crippen molar-refractivity contribution in [2.45, 2.75) is 86.0 Å². The first-order chi connectivity index (χ1) is 17.0. The molecule has 1 atom stereocenters. The zero-order valence-electron chi connectivity index (χ0n) is 22.9. The normalized spacial score (nSPS) is 13.5. The molecule has 0 aliphatic heterocycles. The van der Waals surface area contributed by atoms with Crippen LogP contribution in [0.15, 0.2) is 29.3 Å². The largest absolute Gasteiger partial charge is 0.511 e. The molecule has 1 heterocycles. The Morgan fingerprint density at radius 2 is 1.83 bits per heavy atom. The molecule has 198 valence electrons. The van der Waals surface area contributed by atoms with E-state index in [1.165, 1.54) is 5.56 Å². The zero-order chi connectivity index (χ0) is 26.9. The highest BCUT2D eigenvalue weighted by atomic mass is 35.5. The smallest absolute Gasteiger partial charge is 0.452 e. The van der Waals surface area contributed by atoms with Gasteiger partial charge in [-0.3, -0.25) is 9.67 Å². The third-order valence-corrected chi connectivity index (χ3v) is 6.10. The van der Waals surface area contributed by atoms with Gasteiger partial charge in [-0.2, -0.15) is 5.10 Å². The SMILES string of the molecule is CCCCCOC(=O)OC(C)O/C(=C(/C=NC)c1ccc(C(C)(C)C)cc1)c1c(Cl)c(C)nn1CC. The number of carbonyl (C=O) groups excluding carboxylic acids is 1. The van der Waals surface area contributed by atoms with Gasteiger partial charge in [0.15, 0.2) is 5.76 Å². The summed E-state index contributed by atoms with van der Waals surface area (Å²) in [5.41, 5.74) is 4.07. The molecule has 0 amide bonds. The van der Waals surface area contributed by atoms with Crippen molar-refractivity contribution in [3.8, 4) is 0 Å². The van der Waals surface area contributed by atoms with Crippen LogP contribution < -0.4 is 0 Å². The van der Waals surface area contributed by atoms with Gasteiger partial charge in [0.25, 0.3) is 0 Å². The molecular weight excluding hydrogens is 478 g/mol. The van der Waals surface area contributed by atoms with E-state index < -0.39 is 12.4 Å². The van der Waals surface area contributed by atoms with Gasteiger partial charge in [-0.05, 0) is 36.8 Å². The van der Waals surface area contributed by atoms with E-state index in [2.05, 4.69) is 49.9 Å². The Morgan fingerprint density at radius 1 is 1.17 bits per heavy atom. The van der Waals surface area contributed by atoms with Gasteiger partial charge in [-0.1, -0.05) is 76.4 Å². The first-order valence-electron chi connectivity index (χ1n) is 12.5. The fourth-order valence-corrected chi connectivity index (χ4v) is 3.88. The molecule has 8 heteroatoms. The minimum absolute atomic E-state index is 0.0156. The number of aryl methyl sites for hydroxylation is 2. The van der Waals surface area contributed by atoms with E-state index in [0.717, 1.165) is 24.8 Å². The van der Waals surface area contributed by atoms with Crippen LogP contribution in [0.5, 0.6) is 0 Å². The summed E-state index contributed by atoms with van der Waals surface area (Å²) >= 11 is 6.72. The molecule has 0 saturated heterocycles. The van der Waals surface area contributed by atoms with E-state index >= 15 is 0 Å². The average molecular weight is 518 g/mol. The lowest BCUT2D eigenvalue weighted by molar-refractivity contribution is -0.0673. The molecule has 1 unspecified atom stereocenters. The number of hydrogen-bond acceptors (Lipinski definition) is 6. The average Bonchev–Trinajstić information content (AvgIpc) is 3.11. The minimum atomic E-state index is -0.940. The van der Waals surface area contributed by atoms with Crippen LogP contribution in [0.3, 0.4) is 0 Å². The predicted octanol–water partition coefficient (Wildman–Crippen LogP) is 7.44. The molecule has 0 saturated carbocycles. The summed E-state index contributed by atoms with van der Waals surface area (Å²) in [6, 6.07) is 8.24.